The number of hydrogen-bond acceptors (Lipinski definition) is 4. The Morgan fingerprint density at radius 3 is 2.75 bits per heavy atom. The minimum Gasteiger partial charge on any atom is -0.378 e. The van der Waals surface area contributed by atoms with E-state index in [1.54, 1.807) is 0 Å². The number of nitrogens with one attached hydrogen (secondary N) is 1. The van der Waals surface area contributed by atoms with Crippen LogP contribution in [0.25, 0.3) is 0 Å². The number of carbonyl (C=O) groups excluding carboxylic acids is 1. The largest absolute Gasteiger partial charge is 0.378 e. The average molecular weight is 283 g/mol. The van der Waals surface area contributed by atoms with E-state index >= 15 is 0 Å². The lowest BCUT2D eigenvalue weighted by molar-refractivity contribution is -0.135. The third-order valence-corrected chi connectivity index (χ3v) is 4.46. The van der Waals surface area contributed by atoms with E-state index in [9.17, 15) is 4.79 Å². The van der Waals surface area contributed by atoms with Crippen LogP contribution in [0.4, 0.5) is 0 Å². The van der Waals surface area contributed by atoms with Gasteiger partial charge >= 0.3 is 0 Å². The van der Waals surface area contributed by atoms with E-state index in [4.69, 9.17) is 4.74 Å². The molecular formula is C15H29N3O2. The second-order valence-electron chi connectivity index (χ2n) is 5.91. The summed E-state index contributed by atoms with van der Waals surface area (Å²) in [5.41, 5.74) is 0. The first-order valence-corrected chi connectivity index (χ1v) is 8.04. The monoisotopic (exact) mass is 283 g/mol. The Bertz CT molecular complexity index is 293. The van der Waals surface area contributed by atoms with Crippen LogP contribution in [0.15, 0.2) is 0 Å². The number of carbonyl (C=O) groups is 1. The average Bonchev–Trinajstić information content (AvgIpc) is 2.49. The van der Waals surface area contributed by atoms with Gasteiger partial charge in [-0.25, -0.2) is 0 Å². The van der Waals surface area contributed by atoms with Crippen molar-refractivity contribution in [2.24, 2.45) is 0 Å². The maximum Gasteiger partial charge on any atom is 0.224 e. The number of likely N-dealkylation sites (tertiary alicyclic amines) is 1. The summed E-state index contributed by atoms with van der Waals surface area (Å²) in [6.45, 7) is 5.94. The Balaban J connectivity index is 1.51. The summed E-state index contributed by atoms with van der Waals surface area (Å²) in [5.74, 6) is 0.260. The molecule has 1 atom stereocenters. The molecule has 2 aliphatic heterocycles. The van der Waals surface area contributed by atoms with Gasteiger partial charge in [0.25, 0.3) is 0 Å². The van der Waals surface area contributed by atoms with Crippen LogP contribution in [0.2, 0.25) is 0 Å². The summed E-state index contributed by atoms with van der Waals surface area (Å²) >= 11 is 0. The molecule has 0 aromatic carbocycles. The van der Waals surface area contributed by atoms with E-state index in [0.29, 0.717) is 19.6 Å². The van der Waals surface area contributed by atoms with Crippen molar-refractivity contribution in [3.8, 4) is 0 Å². The zero-order valence-electron chi connectivity index (χ0n) is 12.8. The molecule has 2 rings (SSSR count). The maximum atomic E-state index is 11.9. The van der Waals surface area contributed by atoms with E-state index in [1.165, 1.54) is 32.2 Å². The Morgan fingerprint density at radius 1 is 1.20 bits per heavy atom. The highest BCUT2D eigenvalue weighted by molar-refractivity contribution is 5.76. The van der Waals surface area contributed by atoms with Crippen LogP contribution >= 0.6 is 0 Å². The van der Waals surface area contributed by atoms with Gasteiger partial charge in [-0.1, -0.05) is 6.42 Å². The normalized spacial score (nSPS) is 24.9. The number of amides is 1. The number of rotatable bonds is 6. The van der Waals surface area contributed by atoms with Gasteiger partial charge in [0, 0.05) is 32.1 Å². The van der Waals surface area contributed by atoms with Crippen LogP contribution in [-0.4, -0.2) is 74.7 Å². The highest BCUT2D eigenvalue weighted by Crippen LogP contribution is 2.16. The van der Waals surface area contributed by atoms with Crippen molar-refractivity contribution < 1.29 is 9.53 Å². The fourth-order valence-electron chi connectivity index (χ4n) is 3.07. The van der Waals surface area contributed by atoms with Crippen LogP contribution in [-0.2, 0) is 9.53 Å². The van der Waals surface area contributed by atoms with Crippen LogP contribution in [0.3, 0.4) is 0 Å². The van der Waals surface area contributed by atoms with Gasteiger partial charge in [0.15, 0.2) is 0 Å². The molecule has 0 bridgehead atoms. The number of hydrogen-bond donors (Lipinski definition) is 1. The zero-order chi connectivity index (χ0) is 14.2. The minimum atomic E-state index is 0.260. The zero-order valence-corrected chi connectivity index (χ0v) is 12.8. The van der Waals surface area contributed by atoms with Gasteiger partial charge in [-0.05, 0) is 39.4 Å². The Morgan fingerprint density at radius 2 is 2.00 bits per heavy atom. The Hall–Kier alpha value is -0.650. The first-order valence-electron chi connectivity index (χ1n) is 8.04. The fourth-order valence-corrected chi connectivity index (χ4v) is 3.07. The van der Waals surface area contributed by atoms with Gasteiger partial charge in [0.1, 0.15) is 0 Å². The van der Waals surface area contributed by atoms with Crippen molar-refractivity contribution in [3.05, 3.63) is 0 Å². The second-order valence-corrected chi connectivity index (χ2v) is 5.91. The summed E-state index contributed by atoms with van der Waals surface area (Å²) in [7, 11) is 2.23. The summed E-state index contributed by atoms with van der Waals surface area (Å²) in [4.78, 5) is 16.3. The van der Waals surface area contributed by atoms with Gasteiger partial charge in [0.2, 0.25) is 5.91 Å². The van der Waals surface area contributed by atoms with E-state index in [-0.39, 0.29) is 5.91 Å². The lowest BCUT2D eigenvalue weighted by Crippen LogP contribution is -2.42. The third-order valence-electron chi connectivity index (χ3n) is 4.46. The predicted molar refractivity (Wildman–Crippen MR) is 79.8 cm³/mol. The smallest absolute Gasteiger partial charge is 0.224 e. The molecule has 2 aliphatic rings. The molecule has 116 valence electrons. The van der Waals surface area contributed by atoms with E-state index < -0.39 is 0 Å². The van der Waals surface area contributed by atoms with E-state index in [0.717, 1.165) is 32.2 Å². The van der Waals surface area contributed by atoms with Crippen molar-refractivity contribution >= 4 is 5.91 Å². The fraction of sp³-hybridized carbons (Fsp3) is 0.933. The van der Waals surface area contributed by atoms with Crippen molar-refractivity contribution in [1.82, 2.24) is 15.1 Å². The van der Waals surface area contributed by atoms with Gasteiger partial charge < -0.3 is 19.9 Å². The summed E-state index contributed by atoms with van der Waals surface area (Å²) in [5, 5.41) is 3.42. The predicted octanol–water partition coefficient (Wildman–Crippen LogP) is 0.699. The standard InChI is InChI=1S/C15H29N3O2/c1-17-9-3-2-4-14(17)5-7-16-8-6-15(19)18-10-12-20-13-11-18/h14,16H,2-13H2,1H3. The quantitative estimate of drug-likeness (QED) is 0.729. The SMILES string of the molecule is CN1CCCCC1CCNCCC(=O)N1CCOCC1. The number of piperidine rings is 1. The molecule has 0 aliphatic carbocycles. The van der Waals surface area contributed by atoms with Crippen LogP contribution in [0, 0.1) is 0 Å². The number of nitrogens with zero attached hydrogens (tertiary/aromatic N) is 2. The molecule has 5 nitrogen and oxygen atoms in total. The molecule has 2 fully saturated rings. The summed E-state index contributed by atoms with van der Waals surface area (Å²) in [6.07, 6.45) is 5.84. The van der Waals surface area contributed by atoms with E-state index in [2.05, 4.69) is 17.3 Å². The second kappa shape index (κ2) is 8.60. The maximum absolute atomic E-state index is 11.9. The summed E-state index contributed by atoms with van der Waals surface area (Å²) < 4.78 is 5.26. The molecule has 0 aromatic rings. The third kappa shape index (κ3) is 5.04. The molecule has 5 heteroatoms. The van der Waals surface area contributed by atoms with Gasteiger partial charge in [-0.15, -0.1) is 0 Å². The molecule has 0 aromatic heterocycles. The topological polar surface area (TPSA) is 44.8 Å². The molecule has 0 spiro atoms. The molecule has 1 amide bonds. The van der Waals surface area contributed by atoms with Crippen molar-refractivity contribution in [3.63, 3.8) is 0 Å². The molecule has 2 saturated heterocycles. The lowest BCUT2D eigenvalue weighted by Gasteiger charge is -2.32. The number of morpholine rings is 1. The van der Waals surface area contributed by atoms with E-state index in [1.807, 2.05) is 4.90 Å². The van der Waals surface area contributed by atoms with Crippen LogP contribution in [0.5, 0.6) is 0 Å². The molecule has 20 heavy (non-hydrogen) atoms. The first kappa shape index (κ1) is 15.7. The van der Waals surface area contributed by atoms with Gasteiger partial charge in [-0.2, -0.15) is 0 Å². The van der Waals surface area contributed by atoms with Crippen LogP contribution in [0.1, 0.15) is 32.1 Å². The number of ether oxygens (including phenoxy) is 1. The van der Waals surface area contributed by atoms with Gasteiger partial charge in [-0.3, -0.25) is 4.79 Å². The van der Waals surface area contributed by atoms with Crippen molar-refractivity contribution in [1.29, 1.82) is 0 Å². The molecule has 1 unspecified atom stereocenters. The van der Waals surface area contributed by atoms with Crippen molar-refractivity contribution in [2.75, 3.05) is 53.0 Å². The first-order chi connectivity index (χ1) is 9.77. The summed E-state index contributed by atoms with van der Waals surface area (Å²) in [6, 6.07) is 0.728. The van der Waals surface area contributed by atoms with Crippen LogP contribution < -0.4 is 5.32 Å². The molecular weight excluding hydrogens is 254 g/mol. The highest BCUT2D eigenvalue weighted by Gasteiger charge is 2.18. The van der Waals surface area contributed by atoms with Crippen molar-refractivity contribution in [2.45, 2.75) is 38.1 Å². The lowest BCUT2D eigenvalue weighted by atomic mass is 10.0. The van der Waals surface area contributed by atoms with Gasteiger partial charge in [0.05, 0.1) is 13.2 Å². The Kier molecular flexibility index (Phi) is 6.76. The highest BCUT2D eigenvalue weighted by atomic mass is 16.5. The molecule has 0 radical (unpaired) electrons. The molecule has 0 saturated carbocycles. The molecule has 1 N–H and O–H groups in total. The molecule has 2 heterocycles. The Labute approximate surface area is 122 Å². The minimum absolute atomic E-state index is 0.260.